The van der Waals surface area contributed by atoms with Crippen LogP contribution in [0.25, 0.3) is 0 Å². The number of allylic oxidation sites excluding steroid dienone is 1. The molecule has 1 saturated heterocycles. The SMILES string of the molecule is CC(=NC1COC1)C1=C(N)OCC[C@@H](C)Nc2nc(ncc2Cl)N1. The average Bonchev–Trinajstić information content (AvgIpc) is 2.52. The van der Waals surface area contributed by atoms with Crippen LogP contribution in [0.2, 0.25) is 5.02 Å². The minimum absolute atomic E-state index is 0.126. The fourth-order valence-corrected chi connectivity index (χ4v) is 2.48. The van der Waals surface area contributed by atoms with E-state index >= 15 is 0 Å². The van der Waals surface area contributed by atoms with Crippen molar-refractivity contribution in [3.8, 4) is 0 Å². The van der Waals surface area contributed by atoms with E-state index in [0.717, 1.165) is 12.1 Å². The summed E-state index contributed by atoms with van der Waals surface area (Å²) in [4.78, 5) is 13.2. The van der Waals surface area contributed by atoms with E-state index in [9.17, 15) is 0 Å². The number of halogens is 1. The van der Waals surface area contributed by atoms with Gasteiger partial charge in [0.2, 0.25) is 11.8 Å². The zero-order valence-corrected chi connectivity index (χ0v) is 14.4. The quantitative estimate of drug-likeness (QED) is 0.696. The molecule has 1 atom stereocenters. The van der Waals surface area contributed by atoms with Gasteiger partial charge in [-0.05, 0) is 13.8 Å². The molecule has 130 valence electrons. The fourth-order valence-electron chi connectivity index (χ4n) is 2.33. The number of hydrogen-bond acceptors (Lipinski definition) is 8. The van der Waals surface area contributed by atoms with E-state index in [0.29, 0.717) is 42.3 Å². The van der Waals surface area contributed by atoms with Crippen molar-refractivity contribution >= 4 is 29.1 Å². The Bertz CT molecular complexity index is 674. The van der Waals surface area contributed by atoms with E-state index in [1.54, 1.807) is 6.20 Å². The number of aliphatic imine (C=N–C) groups is 1. The number of nitrogens with two attached hydrogens (primary N) is 1. The lowest BCUT2D eigenvalue weighted by Gasteiger charge is -2.23. The number of hydrogen-bond donors (Lipinski definition) is 3. The van der Waals surface area contributed by atoms with Crippen LogP contribution in [0, 0.1) is 0 Å². The van der Waals surface area contributed by atoms with Crippen molar-refractivity contribution in [3.63, 3.8) is 0 Å². The van der Waals surface area contributed by atoms with Crippen LogP contribution in [0.3, 0.4) is 0 Å². The summed E-state index contributed by atoms with van der Waals surface area (Å²) in [6.07, 6.45) is 2.29. The normalized spacial score (nSPS) is 22.6. The standard InChI is InChI=1S/C15H21ClN6O2/c1-8-3-4-24-13(17)12(9(2)20-10-6-23-7-10)21-15-18-5-11(16)14(19-8)22-15/h5,8,10H,3-4,6-7,17H2,1-2H3,(H2,18,19,21,22)/t8-/m1/s1. The summed E-state index contributed by atoms with van der Waals surface area (Å²) >= 11 is 6.16. The Labute approximate surface area is 145 Å². The molecule has 0 amide bonds. The Morgan fingerprint density at radius 3 is 2.96 bits per heavy atom. The van der Waals surface area contributed by atoms with Gasteiger partial charge in [0.05, 0.1) is 37.8 Å². The van der Waals surface area contributed by atoms with Crippen LogP contribution in [0.1, 0.15) is 20.3 Å². The molecule has 0 unspecified atom stereocenters. The number of anilines is 2. The van der Waals surface area contributed by atoms with E-state index in [1.165, 1.54) is 0 Å². The van der Waals surface area contributed by atoms with Gasteiger partial charge in [-0.3, -0.25) is 4.99 Å². The van der Waals surface area contributed by atoms with Gasteiger partial charge in [0.15, 0.2) is 5.82 Å². The smallest absolute Gasteiger partial charge is 0.229 e. The Hall–Kier alpha value is -2.06. The van der Waals surface area contributed by atoms with Gasteiger partial charge in [-0.2, -0.15) is 4.98 Å². The van der Waals surface area contributed by atoms with Crippen molar-refractivity contribution < 1.29 is 9.47 Å². The maximum Gasteiger partial charge on any atom is 0.229 e. The van der Waals surface area contributed by atoms with Crippen LogP contribution in [-0.2, 0) is 9.47 Å². The molecule has 1 fully saturated rings. The van der Waals surface area contributed by atoms with E-state index in [-0.39, 0.29) is 18.0 Å². The van der Waals surface area contributed by atoms with Crippen molar-refractivity contribution in [1.82, 2.24) is 9.97 Å². The molecule has 3 heterocycles. The van der Waals surface area contributed by atoms with Crippen LogP contribution in [0.15, 0.2) is 22.8 Å². The van der Waals surface area contributed by atoms with Gasteiger partial charge in [0.1, 0.15) is 10.7 Å². The summed E-state index contributed by atoms with van der Waals surface area (Å²) in [5.74, 6) is 1.21. The Morgan fingerprint density at radius 2 is 2.25 bits per heavy atom. The summed E-state index contributed by atoms with van der Waals surface area (Å²) in [6.45, 7) is 5.60. The molecule has 2 aliphatic heterocycles. The van der Waals surface area contributed by atoms with E-state index in [4.69, 9.17) is 26.8 Å². The molecule has 9 heteroatoms. The third kappa shape index (κ3) is 3.88. The molecule has 1 aromatic rings. The highest BCUT2D eigenvalue weighted by atomic mass is 35.5. The first-order chi connectivity index (χ1) is 11.5. The first-order valence-electron chi connectivity index (χ1n) is 7.84. The number of aromatic nitrogens is 2. The first kappa shape index (κ1) is 16.8. The Kier molecular flexibility index (Phi) is 5.06. The molecule has 0 spiro atoms. The molecular weight excluding hydrogens is 332 g/mol. The van der Waals surface area contributed by atoms with Crippen molar-refractivity contribution in [3.05, 3.63) is 22.8 Å². The van der Waals surface area contributed by atoms with Crippen LogP contribution in [0.5, 0.6) is 0 Å². The third-order valence-corrected chi connectivity index (χ3v) is 4.05. The number of fused-ring (bicyclic) bond motifs is 2. The lowest BCUT2D eigenvalue weighted by molar-refractivity contribution is 0.0133. The third-order valence-electron chi connectivity index (χ3n) is 3.78. The highest BCUT2D eigenvalue weighted by molar-refractivity contribution is 6.32. The van der Waals surface area contributed by atoms with E-state index in [2.05, 4.69) is 25.6 Å². The largest absolute Gasteiger partial charge is 0.478 e. The van der Waals surface area contributed by atoms with Gasteiger partial charge in [0, 0.05) is 12.5 Å². The van der Waals surface area contributed by atoms with Crippen molar-refractivity contribution in [2.75, 3.05) is 30.5 Å². The molecule has 8 nitrogen and oxygen atoms in total. The van der Waals surface area contributed by atoms with Crippen molar-refractivity contribution in [2.24, 2.45) is 10.7 Å². The predicted molar refractivity (Wildman–Crippen MR) is 93.2 cm³/mol. The molecule has 0 aliphatic carbocycles. The molecule has 3 rings (SSSR count). The number of ether oxygens (including phenoxy) is 2. The monoisotopic (exact) mass is 352 g/mol. The van der Waals surface area contributed by atoms with Crippen molar-refractivity contribution in [1.29, 1.82) is 0 Å². The second kappa shape index (κ2) is 7.23. The molecule has 4 N–H and O–H groups in total. The second-order valence-corrected chi connectivity index (χ2v) is 6.25. The molecule has 0 radical (unpaired) electrons. The predicted octanol–water partition coefficient (Wildman–Crippen LogP) is 1.75. The zero-order chi connectivity index (χ0) is 17.1. The maximum atomic E-state index is 6.16. The van der Waals surface area contributed by atoms with Gasteiger partial charge in [-0.15, -0.1) is 0 Å². The highest BCUT2D eigenvalue weighted by Gasteiger charge is 2.20. The minimum atomic E-state index is 0.126. The second-order valence-electron chi connectivity index (χ2n) is 5.84. The number of nitrogens with zero attached hydrogens (tertiary/aromatic N) is 3. The minimum Gasteiger partial charge on any atom is -0.478 e. The van der Waals surface area contributed by atoms with Gasteiger partial charge in [0.25, 0.3) is 0 Å². The summed E-state index contributed by atoms with van der Waals surface area (Å²) in [7, 11) is 0. The molecule has 0 aromatic carbocycles. The highest BCUT2D eigenvalue weighted by Crippen LogP contribution is 2.22. The van der Waals surface area contributed by atoms with Gasteiger partial charge in [-0.25, -0.2) is 4.98 Å². The van der Waals surface area contributed by atoms with Gasteiger partial charge < -0.3 is 25.8 Å². The zero-order valence-electron chi connectivity index (χ0n) is 13.7. The summed E-state index contributed by atoms with van der Waals surface area (Å²) in [5.41, 5.74) is 7.40. The molecular formula is C15H21ClN6O2. The lowest BCUT2D eigenvalue weighted by atomic mass is 10.2. The van der Waals surface area contributed by atoms with Crippen molar-refractivity contribution in [2.45, 2.75) is 32.4 Å². The van der Waals surface area contributed by atoms with Gasteiger partial charge in [-0.1, -0.05) is 11.6 Å². The number of nitrogens with one attached hydrogen (secondary N) is 2. The topological polar surface area (TPSA) is 107 Å². The van der Waals surface area contributed by atoms with Crippen LogP contribution in [-0.4, -0.2) is 47.6 Å². The summed E-state index contributed by atoms with van der Waals surface area (Å²) in [6, 6.07) is 0.273. The first-order valence-corrected chi connectivity index (χ1v) is 8.22. The average molecular weight is 353 g/mol. The molecule has 2 aliphatic rings. The molecule has 0 saturated carbocycles. The van der Waals surface area contributed by atoms with Crippen LogP contribution in [0.4, 0.5) is 11.8 Å². The van der Waals surface area contributed by atoms with Gasteiger partial charge >= 0.3 is 0 Å². The van der Waals surface area contributed by atoms with E-state index in [1.807, 2.05) is 13.8 Å². The van der Waals surface area contributed by atoms with E-state index < -0.39 is 0 Å². The Balaban J connectivity index is 1.94. The fraction of sp³-hybridized carbons (Fsp3) is 0.533. The summed E-state index contributed by atoms with van der Waals surface area (Å²) < 4.78 is 10.8. The van der Waals surface area contributed by atoms with Crippen LogP contribution >= 0.6 is 11.6 Å². The molecule has 24 heavy (non-hydrogen) atoms. The maximum absolute atomic E-state index is 6.16. The molecule has 2 bridgehead atoms. The number of rotatable bonds is 2. The summed E-state index contributed by atoms with van der Waals surface area (Å²) in [5, 5.41) is 6.81. The Morgan fingerprint density at radius 1 is 1.46 bits per heavy atom. The molecule has 1 aromatic heterocycles. The van der Waals surface area contributed by atoms with Crippen LogP contribution < -0.4 is 16.4 Å². The lowest BCUT2D eigenvalue weighted by Crippen LogP contribution is -2.33.